The number of thiazole rings is 1. The van der Waals surface area contributed by atoms with Gasteiger partial charge in [0.1, 0.15) is 0 Å². The average molecular weight is 631 g/mol. The van der Waals surface area contributed by atoms with Crippen molar-refractivity contribution in [3.8, 4) is 23.0 Å². The Bertz CT molecular complexity index is 1760. The van der Waals surface area contributed by atoms with Crippen LogP contribution in [0.5, 0.6) is 23.0 Å². The summed E-state index contributed by atoms with van der Waals surface area (Å²) in [7, 11) is 1.26. The van der Waals surface area contributed by atoms with Gasteiger partial charge in [0.05, 0.1) is 53.8 Å². The first-order valence-corrected chi connectivity index (χ1v) is 14.6. The molecule has 0 unspecified atom stereocenters. The maximum absolute atomic E-state index is 14.0. The molecule has 0 spiro atoms. The van der Waals surface area contributed by atoms with Crippen molar-refractivity contribution in [1.29, 1.82) is 0 Å². The summed E-state index contributed by atoms with van der Waals surface area (Å²) in [5.74, 6) is -0.586. The maximum Gasteiger partial charge on any atom is 0.343 e. The van der Waals surface area contributed by atoms with Crippen molar-refractivity contribution in [3.05, 3.63) is 77.4 Å². The predicted molar refractivity (Wildman–Crippen MR) is 160 cm³/mol. The zero-order chi connectivity index (χ0) is 31.3. The van der Waals surface area contributed by atoms with Gasteiger partial charge in [0.15, 0.2) is 34.4 Å². The van der Waals surface area contributed by atoms with Crippen LogP contribution < -0.4 is 29.1 Å². The van der Waals surface area contributed by atoms with Gasteiger partial charge < -0.3 is 28.8 Å². The summed E-state index contributed by atoms with van der Waals surface area (Å²) in [6.45, 7) is 7.34. The molecule has 1 aliphatic rings. The first-order valence-electron chi connectivity index (χ1n) is 13.4. The van der Waals surface area contributed by atoms with Gasteiger partial charge in [-0.15, -0.1) is 0 Å². The molecular weight excluding hydrogens is 600 g/mol. The fraction of sp³-hybridized carbons (Fsp3) is 0.333. The zero-order valence-electron chi connectivity index (χ0n) is 24.3. The molecule has 0 saturated carbocycles. The molecule has 43 heavy (non-hydrogen) atoms. The molecule has 4 rings (SSSR count). The van der Waals surface area contributed by atoms with Gasteiger partial charge in [-0.3, -0.25) is 9.36 Å². The number of hydrogen-bond acceptors (Lipinski definition) is 11. The van der Waals surface area contributed by atoms with Crippen LogP contribution in [0.3, 0.4) is 0 Å². The minimum atomic E-state index is -0.909. The Morgan fingerprint density at radius 3 is 2.44 bits per heavy atom. The van der Waals surface area contributed by atoms with Gasteiger partial charge in [-0.25, -0.2) is 14.6 Å². The fourth-order valence-corrected chi connectivity index (χ4v) is 5.74. The number of hydrogen-bond donors (Lipinski definition) is 1. The molecular formula is C30H31ClN2O9S. The van der Waals surface area contributed by atoms with Crippen LogP contribution in [0.4, 0.5) is 0 Å². The second-order valence-corrected chi connectivity index (χ2v) is 10.5. The topological polar surface area (TPSA) is 135 Å². The standard InChI is InChI=1S/C30H31ClN2O9S/c1-6-39-21-14-18(9-10-20(21)42-15-24(34)38-5)26-25(29(37)41-8-3)16(4)32-30-33(26)28(36)23(43-30)13-17-11-19(31)27(35)22(12-17)40-7-2/h9-14,26,35H,6-8,15H2,1-5H3/b23-13-/t26-/m1/s1. The third kappa shape index (κ3) is 6.70. The minimum Gasteiger partial charge on any atom is -0.503 e. The summed E-state index contributed by atoms with van der Waals surface area (Å²) in [6.07, 6.45) is 1.62. The lowest BCUT2D eigenvalue weighted by Gasteiger charge is -2.25. The van der Waals surface area contributed by atoms with Crippen molar-refractivity contribution in [2.75, 3.05) is 33.5 Å². The van der Waals surface area contributed by atoms with E-state index in [9.17, 15) is 19.5 Å². The number of benzene rings is 2. The molecule has 1 aromatic heterocycles. The second kappa shape index (κ2) is 13.8. The normalized spacial score (nSPS) is 14.6. The molecule has 0 saturated heterocycles. The van der Waals surface area contributed by atoms with Crippen molar-refractivity contribution in [3.63, 3.8) is 0 Å². The highest BCUT2D eigenvalue weighted by molar-refractivity contribution is 7.07. The number of aromatic nitrogens is 1. The summed E-state index contributed by atoms with van der Waals surface area (Å²) < 4.78 is 28.6. The van der Waals surface area contributed by atoms with E-state index in [1.54, 1.807) is 58.0 Å². The molecule has 2 heterocycles. The van der Waals surface area contributed by atoms with Crippen LogP contribution in [-0.2, 0) is 19.1 Å². The summed E-state index contributed by atoms with van der Waals surface area (Å²) in [4.78, 5) is 43.8. The van der Waals surface area contributed by atoms with E-state index in [2.05, 4.69) is 9.73 Å². The molecule has 0 radical (unpaired) electrons. The van der Waals surface area contributed by atoms with Crippen LogP contribution in [0.15, 0.2) is 51.4 Å². The SMILES string of the molecule is CCOC(=O)C1=C(C)N=c2s/c(=C\c3cc(Cl)c(O)c(OCC)c3)c(=O)n2[C@@H]1c1ccc(OCC(=O)OC)c(OCC)c1. The summed E-state index contributed by atoms with van der Waals surface area (Å²) in [5.41, 5.74) is 1.24. The lowest BCUT2D eigenvalue weighted by molar-refractivity contribution is -0.143. The molecule has 1 aliphatic heterocycles. The molecule has 1 N–H and O–H groups in total. The first kappa shape index (κ1) is 31.6. The first-order chi connectivity index (χ1) is 20.6. The Morgan fingerprint density at radius 2 is 1.77 bits per heavy atom. The summed E-state index contributed by atoms with van der Waals surface area (Å²) in [6, 6.07) is 7.13. The van der Waals surface area contributed by atoms with Gasteiger partial charge in [0.25, 0.3) is 5.56 Å². The van der Waals surface area contributed by atoms with Crippen LogP contribution in [0, 0.1) is 0 Å². The lowest BCUT2D eigenvalue weighted by atomic mass is 9.95. The van der Waals surface area contributed by atoms with E-state index in [0.29, 0.717) is 45.1 Å². The van der Waals surface area contributed by atoms with E-state index < -0.39 is 23.5 Å². The quantitative estimate of drug-likeness (QED) is 0.316. The lowest BCUT2D eigenvalue weighted by Crippen LogP contribution is -2.40. The molecule has 1 atom stereocenters. The highest BCUT2D eigenvalue weighted by Gasteiger charge is 2.34. The molecule has 13 heteroatoms. The van der Waals surface area contributed by atoms with Crippen molar-refractivity contribution < 1.29 is 38.4 Å². The molecule has 228 valence electrons. The van der Waals surface area contributed by atoms with Gasteiger partial charge in [0, 0.05) is 0 Å². The van der Waals surface area contributed by atoms with Crippen LogP contribution in [0.2, 0.25) is 5.02 Å². The van der Waals surface area contributed by atoms with E-state index in [-0.39, 0.29) is 41.1 Å². The van der Waals surface area contributed by atoms with E-state index >= 15 is 0 Å². The number of fused-ring (bicyclic) bond motifs is 1. The summed E-state index contributed by atoms with van der Waals surface area (Å²) in [5, 5.41) is 10.3. The molecule has 11 nitrogen and oxygen atoms in total. The fourth-order valence-electron chi connectivity index (χ4n) is 4.48. The minimum absolute atomic E-state index is 0.0706. The van der Waals surface area contributed by atoms with Gasteiger partial charge in [-0.2, -0.15) is 0 Å². The highest BCUT2D eigenvalue weighted by Crippen LogP contribution is 2.37. The molecule has 0 bridgehead atoms. The maximum atomic E-state index is 14.0. The van der Waals surface area contributed by atoms with Crippen molar-refractivity contribution in [1.82, 2.24) is 4.57 Å². The highest BCUT2D eigenvalue weighted by atomic mass is 35.5. The number of phenolic OH excluding ortho intramolecular Hbond substituents is 1. The smallest absolute Gasteiger partial charge is 0.343 e. The number of allylic oxidation sites excluding steroid dienone is 1. The Hall–Kier alpha value is -4.29. The zero-order valence-corrected chi connectivity index (χ0v) is 25.8. The van der Waals surface area contributed by atoms with Crippen molar-refractivity contribution in [2.24, 2.45) is 4.99 Å². The molecule has 2 aromatic carbocycles. The van der Waals surface area contributed by atoms with Crippen molar-refractivity contribution >= 4 is 41.0 Å². The van der Waals surface area contributed by atoms with Gasteiger partial charge in [-0.05, 0) is 69.2 Å². The number of rotatable bonds is 11. The van der Waals surface area contributed by atoms with Crippen molar-refractivity contribution in [2.45, 2.75) is 33.7 Å². The van der Waals surface area contributed by atoms with Gasteiger partial charge in [0.2, 0.25) is 0 Å². The van der Waals surface area contributed by atoms with Crippen LogP contribution in [-0.4, -0.2) is 55.1 Å². The number of nitrogens with zero attached hydrogens (tertiary/aromatic N) is 2. The van der Waals surface area contributed by atoms with Gasteiger partial charge >= 0.3 is 11.9 Å². The Labute approximate surface area is 256 Å². The number of ether oxygens (including phenoxy) is 5. The Kier molecular flexibility index (Phi) is 10.1. The van der Waals surface area contributed by atoms with E-state index in [1.165, 1.54) is 17.7 Å². The van der Waals surface area contributed by atoms with Crippen LogP contribution in [0.1, 0.15) is 44.9 Å². The predicted octanol–water partition coefficient (Wildman–Crippen LogP) is 3.51. The number of methoxy groups -OCH3 is 1. The monoisotopic (exact) mass is 630 g/mol. The number of phenols is 1. The molecule has 3 aromatic rings. The molecule has 0 amide bonds. The number of esters is 2. The average Bonchev–Trinajstić information content (AvgIpc) is 3.28. The largest absolute Gasteiger partial charge is 0.503 e. The number of carbonyl (C=O) groups excluding carboxylic acids is 2. The second-order valence-electron chi connectivity index (χ2n) is 9.09. The third-order valence-electron chi connectivity index (χ3n) is 6.32. The van der Waals surface area contributed by atoms with E-state index in [0.717, 1.165) is 11.3 Å². The van der Waals surface area contributed by atoms with Crippen LogP contribution in [0.25, 0.3) is 6.08 Å². The van der Waals surface area contributed by atoms with Gasteiger partial charge in [-0.1, -0.05) is 29.0 Å². The molecule has 0 fully saturated rings. The number of carbonyl (C=O) groups is 2. The van der Waals surface area contributed by atoms with E-state index in [4.69, 9.17) is 30.5 Å². The summed E-state index contributed by atoms with van der Waals surface area (Å²) >= 11 is 7.35. The number of halogens is 1. The Morgan fingerprint density at radius 1 is 1.05 bits per heavy atom. The number of aromatic hydroxyl groups is 1. The van der Waals surface area contributed by atoms with Crippen LogP contribution >= 0.6 is 22.9 Å². The third-order valence-corrected chi connectivity index (χ3v) is 7.59. The Balaban J connectivity index is 1.91. The van der Waals surface area contributed by atoms with E-state index in [1.807, 2.05) is 0 Å². The molecule has 0 aliphatic carbocycles.